The van der Waals surface area contributed by atoms with E-state index in [-0.39, 0.29) is 18.6 Å². The topological polar surface area (TPSA) is 38.3 Å². The Balaban J connectivity index is 2.39. The van der Waals surface area contributed by atoms with Gasteiger partial charge in [0.25, 0.3) is 5.91 Å². The Morgan fingerprint density at radius 2 is 2.00 bits per heavy atom. The Labute approximate surface area is 121 Å². The summed E-state index contributed by atoms with van der Waals surface area (Å²) in [6.07, 6.45) is 0. The molecule has 1 amide bonds. The standard InChI is InChI=1S/C13H17BrClNO2/c1-9(2)12(7-14)16-13(17)8-18-11-5-3-10(15)4-6-11/h3-6,9,12H,7-8H2,1-2H3,(H,16,17). The summed E-state index contributed by atoms with van der Waals surface area (Å²) < 4.78 is 5.36. The van der Waals surface area contributed by atoms with Crippen molar-refractivity contribution in [3.05, 3.63) is 29.3 Å². The van der Waals surface area contributed by atoms with Gasteiger partial charge in [0.1, 0.15) is 5.75 Å². The van der Waals surface area contributed by atoms with Gasteiger partial charge in [0.05, 0.1) is 0 Å². The lowest BCUT2D eigenvalue weighted by Crippen LogP contribution is -2.42. The summed E-state index contributed by atoms with van der Waals surface area (Å²) in [5.74, 6) is 0.890. The van der Waals surface area contributed by atoms with E-state index in [1.807, 2.05) is 0 Å². The number of rotatable bonds is 6. The predicted molar refractivity (Wildman–Crippen MR) is 77.5 cm³/mol. The van der Waals surface area contributed by atoms with Crippen molar-refractivity contribution in [3.63, 3.8) is 0 Å². The highest BCUT2D eigenvalue weighted by Gasteiger charge is 2.14. The fourth-order valence-electron chi connectivity index (χ4n) is 1.31. The summed E-state index contributed by atoms with van der Waals surface area (Å²) in [7, 11) is 0. The molecule has 18 heavy (non-hydrogen) atoms. The van der Waals surface area contributed by atoms with Crippen LogP contribution in [0.4, 0.5) is 0 Å². The van der Waals surface area contributed by atoms with Crippen LogP contribution in [0.5, 0.6) is 5.75 Å². The van der Waals surface area contributed by atoms with E-state index in [0.29, 0.717) is 16.7 Å². The Kier molecular flexibility index (Phi) is 6.50. The Morgan fingerprint density at radius 3 is 2.50 bits per heavy atom. The second kappa shape index (κ2) is 7.64. The highest BCUT2D eigenvalue weighted by atomic mass is 79.9. The number of benzene rings is 1. The van der Waals surface area contributed by atoms with Crippen LogP contribution >= 0.6 is 27.5 Å². The van der Waals surface area contributed by atoms with Crippen molar-refractivity contribution in [2.45, 2.75) is 19.9 Å². The molecule has 3 nitrogen and oxygen atoms in total. The maximum atomic E-state index is 11.7. The number of halogens is 2. The van der Waals surface area contributed by atoms with Crippen molar-refractivity contribution in [3.8, 4) is 5.75 Å². The van der Waals surface area contributed by atoms with Crippen LogP contribution in [-0.2, 0) is 4.79 Å². The van der Waals surface area contributed by atoms with Crippen LogP contribution in [0.25, 0.3) is 0 Å². The lowest BCUT2D eigenvalue weighted by atomic mass is 10.1. The van der Waals surface area contributed by atoms with Gasteiger partial charge in [-0.2, -0.15) is 0 Å². The molecule has 1 atom stereocenters. The highest BCUT2D eigenvalue weighted by molar-refractivity contribution is 9.09. The van der Waals surface area contributed by atoms with Crippen LogP contribution in [0.1, 0.15) is 13.8 Å². The second-order valence-electron chi connectivity index (χ2n) is 4.31. The summed E-state index contributed by atoms with van der Waals surface area (Å²) in [5.41, 5.74) is 0. The molecule has 0 aliphatic rings. The van der Waals surface area contributed by atoms with Gasteiger partial charge in [-0.1, -0.05) is 41.4 Å². The number of hydrogen-bond donors (Lipinski definition) is 1. The van der Waals surface area contributed by atoms with Crippen LogP contribution in [0.15, 0.2) is 24.3 Å². The number of alkyl halides is 1. The van der Waals surface area contributed by atoms with E-state index in [1.165, 1.54) is 0 Å². The molecule has 0 saturated heterocycles. The molecule has 0 spiro atoms. The number of ether oxygens (including phenoxy) is 1. The zero-order valence-electron chi connectivity index (χ0n) is 10.5. The monoisotopic (exact) mass is 333 g/mol. The van der Waals surface area contributed by atoms with Gasteiger partial charge in [-0.25, -0.2) is 0 Å². The SMILES string of the molecule is CC(C)C(CBr)NC(=O)COc1ccc(Cl)cc1. The van der Waals surface area contributed by atoms with Gasteiger partial charge in [0, 0.05) is 16.4 Å². The van der Waals surface area contributed by atoms with Gasteiger partial charge in [0.15, 0.2) is 6.61 Å². The molecule has 0 saturated carbocycles. The number of carbonyl (C=O) groups is 1. The predicted octanol–water partition coefficient (Wildman–Crippen LogP) is 3.25. The van der Waals surface area contributed by atoms with E-state index >= 15 is 0 Å². The molecule has 0 aliphatic carbocycles. The van der Waals surface area contributed by atoms with Gasteiger partial charge in [0.2, 0.25) is 0 Å². The van der Waals surface area contributed by atoms with Crippen LogP contribution in [0.2, 0.25) is 5.02 Å². The first kappa shape index (κ1) is 15.3. The first-order valence-corrected chi connectivity index (χ1v) is 7.26. The van der Waals surface area contributed by atoms with Gasteiger partial charge in [-0.3, -0.25) is 4.79 Å². The van der Waals surface area contributed by atoms with Crippen molar-refractivity contribution in [1.82, 2.24) is 5.32 Å². The van der Waals surface area contributed by atoms with Crippen LogP contribution in [0, 0.1) is 5.92 Å². The van der Waals surface area contributed by atoms with Crippen LogP contribution in [0.3, 0.4) is 0 Å². The molecule has 1 aromatic rings. The fraction of sp³-hybridized carbons (Fsp3) is 0.462. The van der Waals surface area contributed by atoms with Crippen LogP contribution in [-0.4, -0.2) is 23.9 Å². The molecule has 5 heteroatoms. The molecule has 1 N–H and O–H groups in total. The third-order valence-corrected chi connectivity index (χ3v) is 3.45. The quantitative estimate of drug-likeness (QED) is 0.811. The van der Waals surface area contributed by atoms with Crippen molar-refractivity contribution in [2.24, 2.45) is 5.92 Å². The Morgan fingerprint density at radius 1 is 1.39 bits per heavy atom. The first-order chi connectivity index (χ1) is 8.52. The maximum absolute atomic E-state index is 11.7. The second-order valence-corrected chi connectivity index (χ2v) is 5.40. The van der Waals surface area contributed by atoms with E-state index in [9.17, 15) is 4.79 Å². The summed E-state index contributed by atoms with van der Waals surface area (Å²) in [4.78, 5) is 11.7. The maximum Gasteiger partial charge on any atom is 0.258 e. The largest absolute Gasteiger partial charge is 0.484 e. The minimum absolute atomic E-state index is 0.0118. The third kappa shape index (κ3) is 5.27. The normalized spacial score (nSPS) is 12.3. The van der Waals surface area contributed by atoms with Gasteiger partial charge < -0.3 is 10.1 Å². The molecular weight excluding hydrogens is 318 g/mol. The first-order valence-electron chi connectivity index (χ1n) is 5.76. The lowest BCUT2D eigenvalue weighted by Gasteiger charge is -2.19. The van der Waals surface area contributed by atoms with Gasteiger partial charge in [-0.05, 0) is 30.2 Å². The molecule has 0 aliphatic heterocycles. The van der Waals surface area contributed by atoms with E-state index in [2.05, 4.69) is 35.1 Å². The van der Waals surface area contributed by atoms with Crippen molar-refractivity contribution >= 4 is 33.4 Å². The van der Waals surface area contributed by atoms with E-state index in [4.69, 9.17) is 16.3 Å². The molecule has 1 aromatic carbocycles. The number of amides is 1. The number of nitrogens with one attached hydrogen (secondary N) is 1. The summed E-state index contributed by atoms with van der Waals surface area (Å²) in [6.45, 7) is 4.14. The third-order valence-electron chi connectivity index (χ3n) is 2.50. The molecule has 100 valence electrons. The molecule has 0 aromatic heterocycles. The Hall–Kier alpha value is -0.740. The van der Waals surface area contributed by atoms with E-state index in [0.717, 1.165) is 5.33 Å². The smallest absolute Gasteiger partial charge is 0.258 e. The average molecular weight is 335 g/mol. The lowest BCUT2D eigenvalue weighted by molar-refractivity contribution is -0.123. The molecule has 1 unspecified atom stereocenters. The van der Waals surface area contributed by atoms with E-state index in [1.54, 1.807) is 24.3 Å². The molecule has 0 radical (unpaired) electrons. The zero-order chi connectivity index (χ0) is 13.5. The molecule has 0 heterocycles. The zero-order valence-corrected chi connectivity index (χ0v) is 12.8. The molecule has 1 rings (SSSR count). The van der Waals surface area contributed by atoms with Gasteiger partial charge >= 0.3 is 0 Å². The molecule has 0 fully saturated rings. The fourth-order valence-corrected chi connectivity index (χ4v) is 2.35. The highest BCUT2D eigenvalue weighted by Crippen LogP contribution is 2.15. The van der Waals surface area contributed by atoms with Crippen molar-refractivity contribution in [1.29, 1.82) is 0 Å². The average Bonchev–Trinajstić information content (AvgIpc) is 2.35. The van der Waals surface area contributed by atoms with E-state index < -0.39 is 0 Å². The van der Waals surface area contributed by atoms with Crippen LogP contribution < -0.4 is 10.1 Å². The van der Waals surface area contributed by atoms with Crippen molar-refractivity contribution < 1.29 is 9.53 Å². The minimum Gasteiger partial charge on any atom is -0.484 e. The number of hydrogen-bond acceptors (Lipinski definition) is 2. The number of carbonyl (C=O) groups excluding carboxylic acids is 1. The minimum atomic E-state index is -0.122. The molecular formula is C13H17BrClNO2. The Bertz CT molecular complexity index is 381. The van der Waals surface area contributed by atoms with Gasteiger partial charge in [-0.15, -0.1) is 0 Å². The van der Waals surface area contributed by atoms with Crippen molar-refractivity contribution in [2.75, 3.05) is 11.9 Å². The summed E-state index contributed by atoms with van der Waals surface area (Å²) >= 11 is 9.14. The summed E-state index contributed by atoms with van der Waals surface area (Å²) in [6, 6.07) is 7.04. The summed E-state index contributed by atoms with van der Waals surface area (Å²) in [5, 5.41) is 4.29. The molecule has 0 bridgehead atoms.